The highest BCUT2D eigenvalue weighted by molar-refractivity contribution is 5.96. The van der Waals surface area contributed by atoms with Crippen molar-refractivity contribution < 1.29 is 14.3 Å². The quantitative estimate of drug-likeness (QED) is 0.753. The molecule has 3 atom stereocenters. The third-order valence-corrected chi connectivity index (χ3v) is 5.04. The normalized spacial score (nSPS) is 14.3. The van der Waals surface area contributed by atoms with Gasteiger partial charge in [-0.1, -0.05) is 50.6 Å². The monoisotopic (exact) mass is 371 g/mol. The Labute approximate surface area is 160 Å². The Balaban J connectivity index is 2.11. The summed E-state index contributed by atoms with van der Waals surface area (Å²) in [5, 5.41) is 7.11. The second-order valence-corrected chi connectivity index (χ2v) is 7.01. The van der Waals surface area contributed by atoms with Crippen LogP contribution in [-0.4, -0.2) is 27.8 Å². The Bertz CT molecular complexity index is 799. The number of ether oxygens (including phenoxy) is 1. The van der Waals surface area contributed by atoms with Crippen molar-refractivity contribution in [1.82, 2.24) is 9.78 Å². The molecule has 0 spiro atoms. The predicted molar refractivity (Wildman–Crippen MR) is 106 cm³/mol. The number of carbonyl (C=O) groups is 2. The Morgan fingerprint density at radius 2 is 1.81 bits per heavy atom. The van der Waals surface area contributed by atoms with Crippen LogP contribution in [0.3, 0.4) is 0 Å². The van der Waals surface area contributed by atoms with Crippen LogP contribution < -0.4 is 5.32 Å². The summed E-state index contributed by atoms with van der Waals surface area (Å²) in [6.45, 7) is 9.35. The maximum absolute atomic E-state index is 12.8. The number of nitrogens with one attached hydrogen (secondary N) is 1. The Morgan fingerprint density at radius 3 is 2.33 bits per heavy atom. The Morgan fingerprint density at radius 1 is 1.19 bits per heavy atom. The van der Waals surface area contributed by atoms with E-state index in [9.17, 15) is 9.59 Å². The average Bonchev–Trinajstić information content (AvgIpc) is 2.88. The minimum absolute atomic E-state index is 0.109. The van der Waals surface area contributed by atoms with Gasteiger partial charge in [-0.05, 0) is 32.3 Å². The molecule has 0 aliphatic heterocycles. The van der Waals surface area contributed by atoms with E-state index >= 15 is 0 Å². The maximum Gasteiger partial charge on any atom is 0.314 e. The fourth-order valence-electron chi connectivity index (χ4n) is 3.07. The van der Waals surface area contributed by atoms with Crippen molar-refractivity contribution in [3.63, 3.8) is 0 Å². The van der Waals surface area contributed by atoms with Gasteiger partial charge in [0.25, 0.3) is 5.91 Å². The number of hydrogen-bond acceptors (Lipinski definition) is 4. The molecule has 1 heterocycles. The molecule has 146 valence electrons. The van der Waals surface area contributed by atoms with Crippen molar-refractivity contribution >= 4 is 17.6 Å². The third-order valence-electron chi connectivity index (χ3n) is 5.04. The van der Waals surface area contributed by atoms with Crippen LogP contribution in [-0.2, 0) is 21.4 Å². The third kappa shape index (κ3) is 4.76. The number of carbonyl (C=O) groups excluding carboxylic acids is 2. The molecule has 0 saturated heterocycles. The summed E-state index contributed by atoms with van der Waals surface area (Å²) in [6, 6.07) is 9.57. The van der Waals surface area contributed by atoms with Crippen LogP contribution in [0.5, 0.6) is 0 Å². The highest BCUT2D eigenvalue weighted by Crippen LogP contribution is 2.29. The summed E-state index contributed by atoms with van der Waals surface area (Å²) >= 11 is 0. The SMILES string of the molecule is CC[C@H](C)[C@H](C(=O)O[C@@H](C)C(=O)Nc1c(C)nn(C)c1C)c1ccccc1. The van der Waals surface area contributed by atoms with Crippen LogP contribution in [0.4, 0.5) is 5.69 Å². The number of benzene rings is 1. The molecule has 0 aliphatic rings. The summed E-state index contributed by atoms with van der Waals surface area (Å²) in [6.07, 6.45) is -0.0599. The minimum Gasteiger partial charge on any atom is -0.452 e. The molecule has 2 rings (SSSR count). The molecule has 27 heavy (non-hydrogen) atoms. The van der Waals surface area contributed by atoms with E-state index in [1.165, 1.54) is 0 Å². The molecule has 6 nitrogen and oxygen atoms in total. The first-order valence-electron chi connectivity index (χ1n) is 9.32. The smallest absolute Gasteiger partial charge is 0.314 e. The van der Waals surface area contributed by atoms with E-state index in [0.29, 0.717) is 5.69 Å². The van der Waals surface area contributed by atoms with Crippen molar-refractivity contribution in [2.45, 2.75) is 53.1 Å². The van der Waals surface area contributed by atoms with Crippen molar-refractivity contribution in [3.05, 3.63) is 47.3 Å². The topological polar surface area (TPSA) is 73.2 Å². The van der Waals surface area contributed by atoms with Crippen LogP contribution in [0, 0.1) is 19.8 Å². The second-order valence-electron chi connectivity index (χ2n) is 7.01. The number of amides is 1. The highest BCUT2D eigenvalue weighted by Gasteiger charge is 2.30. The van der Waals surface area contributed by atoms with E-state index in [2.05, 4.69) is 10.4 Å². The molecule has 0 aliphatic carbocycles. The summed E-state index contributed by atoms with van der Waals surface area (Å²) < 4.78 is 7.24. The molecular weight excluding hydrogens is 342 g/mol. The molecule has 1 aromatic heterocycles. The van der Waals surface area contributed by atoms with Crippen LogP contribution in [0.25, 0.3) is 0 Å². The number of aromatic nitrogens is 2. The van der Waals surface area contributed by atoms with Crippen molar-refractivity contribution in [3.8, 4) is 0 Å². The molecule has 0 fully saturated rings. The van der Waals surface area contributed by atoms with Gasteiger partial charge >= 0.3 is 5.97 Å². The van der Waals surface area contributed by atoms with Gasteiger partial charge in [0.2, 0.25) is 0 Å². The molecule has 2 aromatic rings. The lowest BCUT2D eigenvalue weighted by atomic mass is 9.85. The molecule has 6 heteroatoms. The van der Waals surface area contributed by atoms with E-state index in [0.717, 1.165) is 23.4 Å². The number of aryl methyl sites for hydroxylation is 2. The van der Waals surface area contributed by atoms with Gasteiger partial charge in [0.15, 0.2) is 6.10 Å². The lowest BCUT2D eigenvalue weighted by Crippen LogP contribution is -2.33. The largest absolute Gasteiger partial charge is 0.452 e. The minimum atomic E-state index is -0.897. The van der Waals surface area contributed by atoms with Gasteiger partial charge in [0.1, 0.15) is 0 Å². The molecule has 0 saturated carbocycles. The van der Waals surface area contributed by atoms with Crippen molar-refractivity contribution in [1.29, 1.82) is 0 Å². The zero-order chi connectivity index (χ0) is 20.1. The van der Waals surface area contributed by atoms with Gasteiger partial charge in [0, 0.05) is 7.05 Å². The number of hydrogen-bond donors (Lipinski definition) is 1. The van der Waals surface area contributed by atoms with Crippen LogP contribution >= 0.6 is 0 Å². The van der Waals surface area contributed by atoms with E-state index in [1.54, 1.807) is 11.6 Å². The van der Waals surface area contributed by atoms with Gasteiger partial charge in [-0.3, -0.25) is 14.3 Å². The number of esters is 1. The summed E-state index contributed by atoms with van der Waals surface area (Å²) in [5.41, 5.74) is 3.14. The van der Waals surface area contributed by atoms with Gasteiger partial charge < -0.3 is 10.1 Å². The Hall–Kier alpha value is -2.63. The number of anilines is 1. The highest BCUT2D eigenvalue weighted by atomic mass is 16.5. The van der Waals surface area contributed by atoms with Gasteiger partial charge in [-0.2, -0.15) is 5.10 Å². The molecule has 1 amide bonds. The summed E-state index contributed by atoms with van der Waals surface area (Å²) in [5.74, 6) is -1.03. The zero-order valence-corrected chi connectivity index (χ0v) is 16.9. The fraction of sp³-hybridized carbons (Fsp3) is 0.476. The molecule has 0 radical (unpaired) electrons. The van der Waals surface area contributed by atoms with Crippen molar-refractivity contribution in [2.24, 2.45) is 13.0 Å². The molecule has 1 aromatic carbocycles. The first-order valence-corrected chi connectivity index (χ1v) is 9.32. The van der Waals surface area contributed by atoms with E-state index in [1.807, 2.05) is 65.1 Å². The number of rotatable bonds is 7. The molecule has 1 N–H and O–H groups in total. The van der Waals surface area contributed by atoms with Gasteiger partial charge in [0.05, 0.1) is 23.0 Å². The van der Waals surface area contributed by atoms with E-state index in [4.69, 9.17) is 4.74 Å². The first kappa shape index (κ1) is 20.7. The van der Waals surface area contributed by atoms with Crippen molar-refractivity contribution in [2.75, 3.05) is 5.32 Å². The summed E-state index contributed by atoms with van der Waals surface area (Å²) in [4.78, 5) is 25.4. The zero-order valence-electron chi connectivity index (χ0n) is 16.9. The average molecular weight is 371 g/mol. The van der Waals surface area contributed by atoms with Gasteiger partial charge in [-0.15, -0.1) is 0 Å². The van der Waals surface area contributed by atoms with Gasteiger partial charge in [-0.25, -0.2) is 0 Å². The van der Waals surface area contributed by atoms with E-state index < -0.39 is 12.0 Å². The lowest BCUT2D eigenvalue weighted by Gasteiger charge is -2.24. The van der Waals surface area contributed by atoms with Crippen LogP contribution in [0.2, 0.25) is 0 Å². The maximum atomic E-state index is 12.8. The second kappa shape index (κ2) is 8.84. The first-order chi connectivity index (χ1) is 12.8. The van der Waals surface area contributed by atoms with E-state index in [-0.39, 0.29) is 17.8 Å². The Kier molecular flexibility index (Phi) is 6.77. The molecule has 0 unspecified atom stereocenters. The number of nitrogens with zero attached hydrogens (tertiary/aromatic N) is 2. The summed E-state index contributed by atoms with van der Waals surface area (Å²) in [7, 11) is 1.82. The fourth-order valence-corrected chi connectivity index (χ4v) is 3.07. The molecular formula is C21H29N3O3. The standard InChI is InChI=1S/C21H29N3O3/c1-7-13(2)18(17-11-9-8-10-12-17)21(26)27-16(5)20(25)22-19-14(3)23-24(6)15(19)4/h8-13,16,18H,7H2,1-6H3,(H,22,25)/t13-,16-,18-/m0/s1. The predicted octanol–water partition coefficient (Wildman–Crippen LogP) is 3.74. The van der Waals surface area contributed by atoms with Crippen LogP contribution in [0.15, 0.2) is 30.3 Å². The van der Waals surface area contributed by atoms with Crippen LogP contribution in [0.1, 0.15) is 50.1 Å². The molecule has 0 bridgehead atoms. The lowest BCUT2D eigenvalue weighted by molar-refractivity contribution is -0.155.